The third kappa shape index (κ3) is 2.21. The van der Waals surface area contributed by atoms with Gasteiger partial charge in [0.25, 0.3) is 0 Å². The predicted molar refractivity (Wildman–Crippen MR) is 98.7 cm³/mol. The normalized spacial score (nSPS) is 49.1. The van der Waals surface area contributed by atoms with Gasteiger partial charge in [0.05, 0.1) is 0 Å². The van der Waals surface area contributed by atoms with Crippen molar-refractivity contribution in [1.29, 1.82) is 0 Å². The molecule has 3 fully saturated rings. The summed E-state index contributed by atoms with van der Waals surface area (Å²) in [4.78, 5) is 37.9. The van der Waals surface area contributed by atoms with Crippen LogP contribution in [0.25, 0.3) is 0 Å². The van der Waals surface area contributed by atoms with Gasteiger partial charge in [-0.25, -0.2) is 0 Å². The highest BCUT2D eigenvalue weighted by Crippen LogP contribution is 2.67. The molecule has 0 aromatic carbocycles. The Kier molecular flexibility index (Phi) is 4.11. The fraction of sp³-hybridized carbons (Fsp3) is 0.773. The molecule has 1 unspecified atom stereocenters. The summed E-state index contributed by atoms with van der Waals surface area (Å²) in [5.41, 5.74) is -1.62. The molecule has 0 aliphatic heterocycles. The molecule has 5 heteroatoms. The van der Waals surface area contributed by atoms with Gasteiger partial charge >= 0.3 is 0 Å². The van der Waals surface area contributed by atoms with E-state index in [1.165, 1.54) is 0 Å². The summed E-state index contributed by atoms with van der Waals surface area (Å²) >= 11 is 0. The third-order valence-corrected chi connectivity index (χ3v) is 8.97. The van der Waals surface area contributed by atoms with Crippen LogP contribution in [0.5, 0.6) is 0 Å². The summed E-state index contributed by atoms with van der Waals surface area (Å²) in [6.07, 6.45) is 5.07. The highest BCUT2D eigenvalue weighted by molar-refractivity contribution is 5.94. The Hall–Kier alpha value is -1.33. The Morgan fingerprint density at radius 1 is 1.26 bits per heavy atom. The molecule has 3 saturated carbocycles. The fourth-order valence-electron chi connectivity index (χ4n) is 7.33. The van der Waals surface area contributed by atoms with Gasteiger partial charge in [0, 0.05) is 29.6 Å². The number of ketones is 3. The summed E-state index contributed by atoms with van der Waals surface area (Å²) in [5.74, 6) is -0.114. The molecule has 4 rings (SSSR count). The first-order valence-corrected chi connectivity index (χ1v) is 10.2. The average Bonchev–Trinajstić information content (AvgIpc) is 2.87. The van der Waals surface area contributed by atoms with Gasteiger partial charge in [0.15, 0.2) is 11.6 Å². The molecule has 0 bridgehead atoms. The molecule has 0 aromatic heterocycles. The van der Waals surface area contributed by atoms with E-state index in [2.05, 4.69) is 13.8 Å². The Bertz CT molecular complexity index is 754. The number of allylic oxidation sites excluding steroid dienone is 1. The van der Waals surface area contributed by atoms with Crippen LogP contribution in [0.3, 0.4) is 0 Å². The molecule has 0 heterocycles. The zero-order valence-corrected chi connectivity index (χ0v) is 16.5. The van der Waals surface area contributed by atoms with E-state index in [0.29, 0.717) is 19.3 Å². The molecule has 2 N–H and O–H groups in total. The maximum Gasteiger partial charge on any atom is 0.190 e. The summed E-state index contributed by atoms with van der Waals surface area (Å²) < 4.78 is 0. The summed E-state index contributed by atoms with van der Waals surface area (Å²) in [7, 11) is 0. The quantitative estimate of drug-likeness (QED) is 0.773. The molecular weight excluding hydrogens is 344 g/mol. The van der Waals surface area contributed by atoms with Crippen LogP contribution in [0.1, 0.15) is 59.3 Å². The molecule has 0 radical (unpaired) electrons. The minimum atomic E-state index is -1.61. The molecule has 7 atom stereocenters. The molecule has 0 aromatic rings. The largest absolute Gasteiger partial charge is 0.388 e. The molecule has 4 aliphatic rings. The average molecular weight is 374 g/mol. The maximum absolute atomic E-state index is 13.5. The lowest BCUT2D eigenvalue weighted by Gasteiger charge is -2.59. The first kappa shape index (κ1) is 19.0. The van der Waals surface area contributed by atoms with E-state index in [4.69, 9.17) is 0 Å². The standard InChI is InChI=1S/C22H30O5/c1-12-8-14(24)9-13-4-5-15-16-6-7-22(27,18(26)11-23)20(16,2)10-17(25)19(15)21(12,13)3/h9,12,15-16,19,23,27H,4-8,10-11H2,1-3H3/t12?,15-,16-,19+,20-,21-,22-/m0/s1. The van der Waals surface area contributed by atoms with Crippen molar-refractivity contribution in [3.8, 4) is 0 Å². The van der Waals surface area contributed by atoms with Gasteiger partial charge in [0.1, 0.15) is 18.0 Å². The fourth-order valence-corrected chi connectivity index (χ4v) is 7.33. The predicted octanol–water partition coefficient (Wildman–Crippen LogP) is 2.24. The van der Waals surface area contributed by atoms with Crippen LogP contribution in [0.2, 0.25) is 0 Å². The first-order valence-electron chi connectivity index (χ1n) is 10.2. The zero-order chi connectivity index (χ0) is 19.8. The van der Waals surface area contributed by atoms with Crippen molar-refractivity contribution in [1.82, 2.24) is 0 Å². The molecule has 4 aliphatic carbocycles. The second-order valence-electron chi connectivity index (χ2n) is 9.85. The monoisotopic (exact) mass is 374 g/mol. The number of aliphatic hydroxyl groups excluding tert-OH is 1. The van der Waals surface area contributed by atoms with Crippen molar-refractivity contribution < 1.29 is 24.6 Å². The minimum Gasteiger partial charge on any atom is -0.388 e. The molecule has 27 heavy (non-hydrogen) atoms. The molecule has 0 saturated heterocycles. The van der Waals surface area contributed by atoms with E-state index in [1.807, 2.05) is 6.92 Å². The number of hydrogen-bond acceptors (Lipinski definition) is 5. The minimum absolute atomic E-state index is 0.0869. The Morgan fingerprint density at radius 3 is 2.63 bits per heavy atom. The lowest BCUT2D eigenvalue weighted by molar-refractivity contribution is -0.172. The van der Waals surface area contributed by atoms with Gasteiger partial charge in [-0.15, -0.1) is 0 Å². The van der Waals surface area contributed by atoms with Crippen LogP contribution in [0, 0.1) is 34.5 Å². The number of carbonyl (C=O) groups is 3. The molecule has 148 valence electrons. The van der Waals surface area contributed by atoms with Gasteiger partial charge in [-0.1, -0.05) is 26.3 Å². The SMILES string of the molecule is CC1CC(=O)C=C2CC[C@H]3[C@@H]4CC[C@](O)(C(=O)CO)[C@@]4(C)CC(=O)[C@@H]3[C@]21C. The third-order valence-electron chi connectivity index (χ3n) is 8.97. The number of carbonyl (C=O) groups excluding carboxylic acids is 3. The van der Waals surface area contributed by atoms with Crippen LogP contribution in [-0.4, -0.2) is 39.8 Å². The van der Waals surface area contributed by atoms with Gasteiger partial charge in [-0.3, -0.25) is 14.4 Å². The van der Waals surface area contributed by atoms with E-state index in [1.54, 1.807) is 6.08 Å². The Balaban J connectivity index is 1.77. The number of aliphatic hydroxyl groups is 2. The molecular formula is C22H30O5. The van der Waals surface area contributed by atoms with Crippen molar-refractivity contribution in [2.75, 3.05) is 6.61 Å². The highest BCUT2D eigenvalue weighted by atomic mass is 16.3. The van der Waals surface area contributed by atoms with Crippen LogP contribution in [0.15, 0.2) is 11.6 Å². The smallest absolute Gasteiger partial charge is 0.190 e. The highest BCUT2D eigenvalue weighted by Gasteiger charge is 2.68. The molecule has 0 amide bonds. The van der Waals surface area contributed by atoms with E-state index >= 15 is 0 Å². The second kappa shape index (κ2) is 5.84. The summed E-state index contributed by atoms with van der Waals surface area (Å²) in [6, 6.07) is 0. The van der Waals surface area contributed by atoms with E-state index in [9.17, 15) is 24.6 Å². The van der Waals surface area contributed by atoms with E-state index in [-0.39, 0.29) is 47.1 Å². The number of hydrogen-bond donors (Lipinski definition) is 2. The van der Waals surface area contributed by atoms with E-state index < -0.39 is 23.4 Å². The van der Waals surface area contributed by atoms with Gasteiger partial charge < -0.3 is 10.2 Å². The number of fused-ring (bicyclic) bond motifs is 5. The van der Waals surface area contributed by atoms with Crippen molar-refractivity contribution in [2.24, 2.45) is 34.5 Å². The van der Waals surface area contributed by atoms with Crippen LogP contribution in [-0.2, 0) is 14.4 Å². The lowest BCUT2D eigenvalue weighted by atomic mass is 9.44. The van der Waals surface area contributed by atoms with Gasteiger partial charge in [-0.2, -0.15) is 0 Å². The van der Waals surface area contributed by atoms with E-state index in [0.717, 1.165) is 18.4 Å². The topological polar surface area (TPSA) is 91.7 Å². The number of Topliss-reactive ketones (excluding diaryl/α,β-unsaturated/α-hetero) is 2. The van der Waals surface area contributed by atoms with Gasteiger partial charge in [0.2, 0.25) is 0 Å². The van der Waals surface area contributed by atoms with Crippen molar-refractivity contribution in [2.45, 2.75) is 64.9 Å². The lowest BCUT2D eigenvalue weighted by Crippen LogP contribution is -2.61. The van der Waals surface area contributed by atoms with Crippen molar-refractivity contribution >= 4 is 17.3 Å². The van der Waals surface area contributed by atoms with Crippen molar-refractivity contribution in [3.63, 3.8) is 0 Å². The van der Waals surface area contributed by atoms with Crippen molar-refractivity contribution in [3.05, 3.63) is 11.6 Å². The van der Waals surface area contributed by atoms with Crippen LogP contribution in [0.4, 0.5) is 0 Å². The number of rotatable bonds is 2. The maximum atomic E-state index is 13.5. The zero-order valence-electron chi connectivity index (χ0n) is 16.5. The molecule has 0 spiro atoms. The Labute approximate surface area is 160 Å². The second-order valence-corrected chi connectivity index (χ2v) is 9.85. The summed E-state index contributed by atoms with van der Waals surface area (Å²) in [6.45, 7) is 5.40. The first-order chi connectivity index (χ1) is 12.6. The van der Waals surface area contributed by atoms with Crippen LogP contribution < -0.4 is 0 Å². The van der Waals surface area contributed by atoms with Gasteiger partial charge in [-0.05, 0) is 49.5 Å². The summed E-state index contributed by atoms with van der Waals surface area (Å²) in [5, 5.41) is 20.6. The van der Waals surface area contributed by atoms with Crippen LogP contribution >= 0.6 is 0 Å². The Morgan fingerprint density at radius 2 is 1.96 bits per heavy atom. The molecule has 5 nitrogen and oxygen atoms in total.